The highest BCUT2D eigenvalue weighted by Gasteiger charge is 2.26. The summed E-state index contributed by atoms with van der Waals surface area (Å²) in [5.41, 5.74) is 0.506. The van der Waals surface area contributed by atoms with Crippen LogP contribution in [0, 0.1) is 35.0 Å². The summed E-state index contributed by atoms with van der Waals surface area (Å²) in [6, 6.07) is 0. The van der Waals surface area contributed by atoms with E-state index in [2.05, 4.69) is 62.3 Å². The fourth-order valence-electron chi connectivity index (χ4n) is 4.35. The van der Waals surface area contributed by atoms with Gasteiger partial charge in [0, 0.05) is 0 Å². The van der Waals surface area contributed by atoms with E-state index in [-0.39, 0.29) is 0 Å². The van der Waals surface area contributed by atoms with Crippen LogP contribution >= 0.6 is 0 Å². The van der Waals surface area contributed by atoms with E-state index in [9.17, 15) is 0 Å². The Kier molecular flexibility index (Phi) is 9.90. The summed E-state index contributed by atoms with van der Waals surface area (Å²) in [5.74, 6) is 4.34. The van der Waals surface area contributed by atoms with Crippen molar-refractivity contribution < 1.29 is 0 Å². The Morgan fingerprint density at radius 3 is 1.62 bits per heavy atom. The van der Waals surface area contributed by atoms with Gasteiger partial charge in [-0.05, 0) is 67.1 Å². The highest BCUT2D eigenvalue weighted by Crippen LogP contribution is 2.38. The summed E-state index contributed by atoms with van der Waals surface area (Å²) in [6.45, 7) is 21.7. The van der Waals surface area contributed by atoms with Crippen LogP contribution in [0.2, 0.25) is 0 Å². The molecule has 0 nitrogen and oxygen atoms in total. The molecule has 0 radical (unpaired) electrons. The predicted molar refractivity (Wildman–Crippen MR) is 98.7 cm³/mol. The van der Waals surface area contributed by atoms with Crippen molar-refractivity contribution in [2.75, 3.05) is 0 Å². The second-order valence-corrected chi connectivity index (χ2v) is 9.55. The number of hydrogen-bond donors (Lipinski definition) is 0. The zero-order chi connectivity index (χ0) is 16.6. The Hall–Kier alpha value is 0. The van der Waals surface area contributed by atoms with E-state index in [4.69, 9.17) is 0 Å². The van der Waals surface area contributed by atoms with Gasteiger partial charge in [-0.15, -0.1) is 0 Å². The van der Waals surface area contributed by atoms with Crippen LogP contribution in [0.15, 0.2) is 0 Å². The summed E-state index contributed by atoms with van der Waals surface area (Å²) in [5, 5.41) is 0. The van der Waals surface area contributed by atoms with Crippen molar-refractivity contribution in [3.63, 3.8) is 0 Å². The first kappa shape index (κ1) is 21.0. The Morgan fingerprint density at radius 1 is 0.667 bits per heavy atom. The molecule has 0 saturated heterocycles. The summed E-state index contributed by atoms with van der Waals surface area (Å²) in [6.07, 6.45) is 8.35. The minimum atomic E-state index is 0.506. The van der Waals surface area contributed by atoms with E-state index in [1.54, 1.807) is 0 Å². The monoisotopic (exact) mass is 296 g/mol. The maximum Gasteiger partial charge on any atom is -0.0349 e. The molecule has 0 heteroatoms. The highest BCUT2D eigenvalue weighted by atomic mass is 14.3. The molecule has 0 saturated carbocycles. The lowest BCUT2D eigenvalue weighted by Gasteiger charge is -2.34. The van der Waals surface area contributed by atoms with Crippen molar-refractivity contribution in [2.24, 2.45) is 35.0 Å². The van der Waals surface area contributed by atoms with E-state index in [1.807, 2.05) is 0 Å². The molecule has 0 rings (SSSR count). The predicted octanol–water partition coefficient (Wildman–Crippen LogP) is 7.57. The van der Waals surface area contributed by atoms with Crippen LogP contribution in [0.3, 0.4) is 0 Å². The van der Waals surface area contributed by atoms with Crippen molar-refractivity contribution in [1.29, 1.82) is 0 Å². The van der Waals surface area contributed by atoms with Crippen molar-refractivity contribution >= 4 is 0 Å². The fraction of sp³-hybridized carbons (Fsp3) is 1.00. The van der Waals surface area contributed by atoms with Gasteiger partial charge in [0.05, 0.1) is 0 Å². The quantitative estimate of drug-likeness (QED) is 0.369. The van der Waals surface area contributed by atoms with Crippen molar-refractivity contribution in [3.05, 3.63) is 0 Å². The Labute approximate surface area is 136 Å². The molecule has 0 spiro atoms. The van der Waals surface area contributed by atoms with Gasteiger partial charge in [-0.2, -0.15) is 0 Å². The van der Waals surface area contributed by atoms with Crippen molar-refractivity contribution in [1.82, 2.24) is 0 Å². The molecule has 0 aromatic carbocycles. The molecule has 3 unspecified atom stereocenters. The smallest absolute Gasteiger partial charge is 0.0349 e. The SMILES string of the molecule is CCC(C)CC(C)(C)CC(CC(C)C)CC(C)CC(C)C. The van der Waals surface area contributed by atoms with Crippen molar-refractivity contribution in [3.8, 4) is 0 Å². The van der Waals surface area contributed by atoms with Crippen LogP contribution < -0.4 is 0 Å². The maximum atomic E-state index is 2.50. The lowest BCUT2D eigenvalue weighted by atomic mass is 9.72. The molecule has 0 aliphatic carbocycles. The molecule has 0 N–H and O–H groups in total. The van der Waals surface area contributed by atoms with E-state index >= 15 is 0 Å². The average molecular weight is 297 g/mol. The molecule has 0 aromatic heterocycles. The molecule has 0 bridgehead atoms. The number of rotatable bonds is 11. The molecular formula is C21H44. The zero-order valence-electron chi connectivity index (χ0n) is 16.6. The van der Waals surface area contributed by atoms with Gasteiger partial charge >= 0.3 is 0 Å². The molecule has 0 fully saturated rings. The van der Waals surface area contributed by atoms with Gasteiger partial charge in [0.25, 0.3) is 0 Å². The Bertz CT molecular complexity index is 249. The van der Waals surface area contributed by atoms with Crippen LogP contribution in [-0.4, -0.2) is 0 Å². The number of hydrogen-bond acceptors (Lipinski definition) is 0. The van der Waals surface area contributed by atoms with Crippen LogP contribution in [-0.2, 0) is 0 Å². The molecule has 21 heavy (non-hydrogen) atoms. The topological polar surface area (TPSA) is 0 Å². The lowest BCUT2D eigenvalue weighted by Crippen LogP contribution is -2.22. The fourth-order valence-corrected chi connectivity index (χ4v) is 4.35. The lowest BCUT2D eigenvalue weighted by molar-refractivity contribution is 0.174. The molecule has 0 aromatic rings. The van der Waals surface area contributed by atoms with Gasteiger partial charge < -0.3 is 0 Å². The normalized spacial score (nSPS) is 17.3. The van der Waals surface area contributed by atoms with Gasteiger partial charge in [-0.1, -0.05) is 68.7 Å². The zero-order valence-corrected chi connectivity index (χ0v) is 16.6. The summed E-state index contributed by atoms with van der Waals surface area (Å²) < 4.78 is 0. The van der Waals surface area contributed by atoms with Crippen LogP contribution in [0.25, 0.3) is 0 Å². The van der Waals surface area contributed by atoms with Gasteiger partial charge in [0.2, 0.25) is 0 Å². The van der Waals surface area contributed by atoms with Crippen LogP contribution in [0.1, 0.15) is 101 Å². The van der Waals surface area contributed by atoms with Crippen LogP contribution in [0.4, 0.5) is 0 Å². The molecule has 0 amide bonds. The average Bonchev–Trinajstić information content (AvgIpc) is 2.24. The van der Waals surface area contributed by atoms with E-state index in [1.165, 1.54) is 38.5 Å². The van der Waals surface area contributed by atoms with Gasteiger partial charge in [-0.3, -0.25) is 0 Å². The largest absolute Gasteiger partial charge is 0.0651 e. The van der Waals surface area contributed by atoms with Crippen LogP contribution in [0.5, 0.6) is 0 Å². The van der Waals surface area contributed by atoms with Gasteiger partial charge in [0.1, 0.15) is 0 Å². The molecular weight excluding hydrogens is 252 g/mol. The standard InChI is InChI=1S/C21H44/c1-10-18(6)14-21(8,9)15-20(12-17(4)5)13-19(7)11-16(2)3/h16-20H,10-15H2,1-9H3. The van der Waals surface area contributed by atoms with Gasteiger partial charge in [-0.25, -0.2) is 0 Å². The second kappa shape index (κ2) is 9.90. The minimum absolute atomic E-state index is 0.506. The molecule has 3 atom stereocenters. The summed E-state index contributed by atoms with van der Waals surface area (Å²) >= 11 is 0. The van der Waals surface area contributed by atoms with E-state index in [0.29, 0.717) is 5.41 Å². The van der Waals surface area contributed by atoms with E-state index < -0.39 is 0 Å². The maximum absolute atomic E-state index is 2.50. The molecule has 0 aliphatic heterocycles. The minimum Gasteiger partial charge on any atom is -0.0651 e. The Morgan fingerprint density at radius 2 is 1.19 bits per heavy atom. The molecule has 128 valence electrons. The first-order valence-corrected chi connectivity index (χ1v) is 9.55. The second-order valence-electron chi connectivity index (χ2n) is 9.55. The Balaban J connectivity index is 4.59. The van der Waals surface area contributed by atoms with E-state index in [0.717, 1.165) is 29.6 Å². The first-order chi connectivity index (χ1) is 9.55. The third-order valence-electron chi connectivity index (χ3n) is 4.85. The molecule has 0 aliphatic rings. The highest BCUT2D eigenvalue weighted by molar-refractivity contribution is 4.78. The summed E-state index contributed by atoms with van der Waals surface area (Å²) in [7, 11) is 0. The third-order valence-corrected chi connectivity index (χ3v) is 4.85. The van der Waals surface area contributed by atoms with Gasteiger partial charge in [0.15, 0.2) is 0 Å². The first-order valence-electron chi connectivity index (χ1n) is 9.55. The van der Waals surface area contributed by atoms with Crippen molar-refractivity contribution in [2.45, 2.75) is 101 Å². The summed E-state index contributed by atoms with van der Waals surface area (Å²) in [4.78, 5) is 0. The third kappa shape index (κ3) is 11.2. The molecule has 0 heterocycles.